The van der Waals surface area contributed by atoms with Crippen molar-refractivity contribution >= 4 is 40.4 Å². The zero-order chi connectivity index (χ0) is 25.8. The number of allylic oxidation sites excluding steroid dienone is 1. The molecule has 2 heterocycles. The largest absolute Gasteiger partial charge is 0.458 e. The molecule has 0 spiro atoms. The molecule has 0 radical (unpaired) electrons. The summed E-state index contributed by atoms with van der Waals surface area (Å²) in [5.41, 5.74) is 2.74. The highest BCUT2D eigenvalue weighted by Crippen LogP contribution is 2.49. The highest BCUT2D eigenvalue weighted by atomic mass is 35.5. The standard InChI is InChI=1S/C27H24ClN3O5/c1-15(32)30-21-7-5-4-6-19(21)29-20-13-27(2,3)14-22(33)25(20)26(30)24-11-10-23(36-24)17-9-8-16(31(34)35)12-18(17)28/h4-12,26,29H,13-14H2,1-3H3/t26-/m1/s1. The molecule has 2 aromatic carbocycles. The van der Waals surface area contributed by atoms with Crippen molar-refractivity contribution in [1.82, 2.24) is 0 Å². The predicted molar refractivity (Wildman–Crippen MR) is 137 cm³/mol. The van der Waals surface area contributed by atoms with Gasteiger partial charge in [-0.1, -0.05) is 37.6 Å². The molecule has 0 bridgehead atoms. The van der Waals surface area contributed by atoms with Crippen LogP contribution in [0.4, 0.5) is 17.1 Å². The topological polar surface area (TPSA) is 106 Å². The Morgan fingerprint density at radius 3 is 2.61 bits per heavy atom. The number of halogens is 1. The summed E-state index contributed by atoms with van der Waals surface area (Å²) in [7, 11) is 0. The SMILES string of the molecule is CC(=O)N1c2ccccc2NC2=C(C(=O)CC(C)(C)C2)[C@H]1c1ccc(-c2ccc([N+](=O)[O-])cc2Cl)o1. The van der Waals surface area contributed by atoms with E-state index in [1.807, 2.05) is 38.1 Å². The van der Waals surface area contributed by atoms with Gasteiger partial charge in [0.25, 0.3) is 5.69 Å². The lowest BCUT2D eigenvalue weighted by Gasteiger charge is -2.35. The van der Waals surface area contributed by atoms with E-state index in [-0.39, 0.29) is 27.8 Å². The quantitative estimate of drug-likeness (QED) is 0.314. The molecule has 0 unspecified atom stereocenters. The fraction of sp³-hybridized carbons (Fsp3) is 0.259. The zero-order valence-electron chi connectivity index (χ0n) is 20.0. The number of Topliss-reactive ketones (excluding diaryl/α,β-unsaturated/α-hetero) is 1. The maximum Gasteiger partial charge on any atom is 0.270 e. The fourth-order valence-electron chi connectivity index (χ4n) is 5.07. The van der Waals surface area contributed by atoms with Crippen molar-refractivity contribution in [2.75, 3.05) is 10.2 Å². The number of nitro groups is 1. The van der Waals surface area contributed by atoms with Crippen molar-refractivity contribution in [3.05, 3.63) is 86.8 Å². The summed E-state index contributed by atoms with van der Waals surface area (Å²) < 4.78 is 6.23. The number of non-ortho nitro benzene ring substituents is 1. The molecular weight excluding hydrogens is 482 g/mol. The van der Waals surface area contributed by atoms with E-state index in [1.54, 1.807) is 17.0 Å². The second-order valence-corrected chi connectivity index (χ2v) is 10.3. The Bertz CT molecular complexity index is 1460. The molecule has 1 aliphatic carbocycles. The minimum absolute atomic E-state index is 0.0517. The first-order chi connectivity index (χ1) is 17.1. The molecular formula is C27H24ClN3O5. The number of carbonyl (C=O) groups excluding carboxylic acids is 2. The molecule has 8 nitrogen and oxygen atoms in total. The van der Waals surface area contributed by atoms with Crippen molar-refractivity contribution in [1.29, 1.82) is 0 Å². The molecule has 0 saturated carbocycles. The van der Waals surface area contributed by atoms with Crippen molar-refractivity contribution in [3.63, 3.8) is 0 Å². The van der Waals surface area contributed by atoms with Crippen LogP contribution in [0.2, 0.25) is 5.02 Å². The Morgan fingerprint density at radius 1 is 1.17 bits per heavy atom. The average Bonchev–Trinajstić information content (AvgIpc) is 3.21. The Hall–Kier alpha value is -3.91. The number of carbonyl (C=O) groups is 2. The number of para-hydroxylation sites is 2. The van der Waals surface area contributed by atoms with Crippen LogP contribution in [-0.2, 0) is 9.59 Å². The average molecular weight is 506 g/mol. The molecule has 0 saturated heterocycles. The van der Waals surface area contributed by atoms with Crippen LogP contribution >= 0.6 is 11.6 Å². The van der Waals surface area contributed by atoms with E-state index in [4.69, 9.17) is 16.0 Å². The molecule has 1 atom stereocenters. The van der Waals surface area contributed by atoms with Gasteiger partial charge >= 0.3 is 0 Å². The normalized spacial score (nSPS) is 18.7. The first kappa shape index (κ1) is 23.8. The second kappa shape index (κ2) is 8.64. The van der Waals surface area contributed by atoms with Crippen LogP contribution in [-0.4, -0.2) is 16.6 Å². The first-order valence-electron chi connectivity index (χ1n) is 11.5. The summed E-state index contributed by atoms with van der Waals surface area (Å²) >= 11 is 6.34. The number of fused-ring (bicyclic) bond motifs is 1. The van der Waals surface area contributed by atoms with Crippen molar-refractivity contribution < 1.29 is 18.9 Å². The number of hydrogen-bond acceptors (Lipinski definition) is 6. The van der Waals surface area contributed by atoms with Gasteiger partial charge in [0.1, 0.15) is 17.6 Å². The van der Waals surface area contributed by atoms with Crippen LogP contribution in [0.3, 0.4) is 0 Å². The minimum Gasteiger partial charge on any atom is -0.458 e. The first-order valence-corrected chi connectivity index (χ1v) is 11.9. The van der Waals surface area contributed by atoms with Gasteiger partial charge in [0.15, 0.2) is 5.78 Å². The smallest absolute Gasteiger partial charge is 0.270 e. The molecule has 1 aliphatic heterocycles. The van der Waals surface area contributed by atoms with E-state index in [1.165, 1.54) is 25.1 Å². The van der Waals surface area contributed by atoms with Crippen molar-refractivity contribution in [2.45, 2.75) is 39.7 Å². The van der Waals surface area contributed by atoms with E-state index in [9.17, 15) is 19.7 Å². The number of benzene rings is 2. The van der Waals surface area contributed by atoms with Crippen LogP contribution in [0.5, 0.6) is 0 Å². The highest BCUT2D eigenvalue weighted by molar-refractivity contribution is 6.33. The van der Waals surface area contributed by atoms with Crippen LogP contribution in [0, 0.1) is 15.5 Å². The molecule has 36 heavy (non-hydrogen) atoms. The van der Waals surface area contributed by atoms with Gasteiger partial charge in [-0.3, -0.25) is 24.6 Å². The lowest BCUT2D eigenvalue weighted by Crippen LogP contribution is -2.38. The van der Waals surface area contributed by atoms with Crippen LogP contribution < -0.4 is 10.2 Å². The summed E-state index contributed by atoms with van der Waals surface area (Å²) in [5, 5.41) is 14.7. The molecule has 1 N–H and O–H groups in total. The number of nitrogens with one attached hydrogen (secondary N) is 1. The highest BCUT2D eigenvalue weighted by Gasteiger charge is 2.43. The lowest BCUT2D eigenvalue weighted by atomic mass is 9.74. The number of amides is 1. The maximum absolute atomic E-state index is 13.6. The third-order valence-electron chi connectivity index (χ3n) is 6.57. The minimum atomic E-state index is -0.789. The molecule has 1 aromatic heterocycles. The van der Waals surface area contributed by atoms with Crippen molar-refractivity contribution in [3.8, 4) is 11.3 Å². The Labute approximate surface area is 212 Å². The molecule has 3 aromatic rings. The zero-order valence-corrected chi connectivity index (χ0v) is 20.8. The van der Waals surface area contributed by atoms with E-state index < -0.39 is 11.0 Å². The number of ketones is 1. The van der Waals surface area contributed by atoms with Crippen LogP contribution in [0.25, 0.3) is 11.3 Å². The van der Waals surface area contributed by atoms with Gasteiger partial charge in [0.05, 0.1) is 21.3 Å². The lowest BCUT2D eigenvalue weighted by molar-refractivity contribution is -0.384. The molecule has 0 fully saturated rings. The third kappa shape index (κ3) is 4.07. The second-order valence-electron chi connectivity index (χ2n) is 9.89. The molecule has 9 heteroatoms. The van der Waals surface area contributed by atoms with Gasteiger partial charge in [0, 0.05) is 42.3 Å². The number of furan rings is 1. The van der Waals surface area contributed by atoms with E-state index >= 15 is 0 Å². The van der Waals surface area contributed by atoms with E-state index in [0.29, 0.717) is 41.2 Å². The number of nitrogens with zero attached hydrogens (tertiary/aromatic N) is 2. The Morgan fingerprint density at radius 2 is 1.92 bits per heavy atom. The Balaban J connectivity index is 1.69. The van der Waals surface area contributed by atoms with Gasteiger partial charge in [-0.2, -0.15) is 0 Å². The van der Waals surface area contributed by atoms with Gasteiger partial charge in [0.2, 0.25) is 5.91 Å². The monoisotopic (exact) mass is 505 g/mol. The molecule has 5 rings (SSSR count). The molecule has 184 valence electrons. The van der Waals surface area contributed by atoms with Crippen LogP contribution in [0.15, 0.2) is 70.3 Å². The molecule has 1 amide bonds. The van der Waals surface area contributed by atoms with Gasteiger partial charge in [-0.25, -0.2) is 0 Å². The number of nitro benzene ring substituents is 1. The summed E-state index contributed by atoms with van der Waals surface area (Å²) in [6.45, 7) is 5.56. The van der Waals surface area contributed by atoms with Gasteiger partial charge < -0.3 is 9.73 Å². The summed E-state index contributed by atoms with van der Waals surface area (Å²) in [5.74, 6) is 0.481. The molecule has 2 aliphatic rings. The third-order valence-corrected chi connectivity index (χ3v) is 6.88. The predicted octanol–water partition coefficient (Wildman–Crippen LogP) is 6.67. The Kier molecular flexibility index (Phi) is 5.71. The van der Waals surface area contributed by atoms with E-state index in [2.05, 4.69) is 5.32 Å². The number of anilines is 2. The van der Waals surface area contributed by atoms with Gasteiger partial charge in [-0.15, -0.1) is 0 Å². The fourth-order valence-corrected chi connectivity index (χ4v) is 5.33. The maximum atomic E-state index is 13.6. The van der Waals surface area contributed by atoms with Crippen molar-refractivity contribution in [2.24, 2.45) is 5.41 Å². The number of hydrogen-bond donors (Lipinski definition) is 1. The van der Waals surface area contributed by atoms with Gasteiger partial charge in [-0.05, 0) is 42.2 Å². The summed E-state index contributed by atoms with van der Waals surface area (Å²) in [4.78, 5) is 38.8. The summed E-state index contributed by atoms with van der Waals surface area (Å²) in [6.07, 6.45) is 0.972. The number of rotatable bonds is 3. The summed E-state index contributed by atoms with van der Waals surface area (Å²) in [6, 6.07) is 14.2. The van der Waals surface area contributed by atoms with E-state index in [0.717, 1.165) is 11.4 Å². The van der Waals surface area contributed by atoms with Crippen LogP contribution in [0.1, 0.15) is 45.4 Å².